The van der Waals surface area contributed by atoms with Gasteiger partial charge in [0.25, 0.3) is 0 Å². The predicted molar refractivity (Wildman–Crippen MR) is 125 cm³/mol. The number of carbonyl (C=O) groups is 1. The van der Waals surface area contributed by atoms with E-state index in [0.717, 1.165) is 38.1 Å². The van der Waals surface area contributed by atoms with E-state index in [-0.39, 0.29) is 5.97 Å². The fourth-order valence-corrected chi connectivity index (χ4v) is 5.10. The topological polar surface area (TPSA) is 66.5 Å². The molecular formula is C26H33NO6. The van der Waals surface area contributed by atoms with Crippen LogP contribution in [-0.2, 0) is 4.74 Å². The molecule has 33 heavy (non-hydrogen) atoms. The van der Waals surface area contributed by atoms with Crippen molar-refractivity contribution in [3.8, 4) is 23.0 Å². The molecule has 0 spiro atoms. The number of hydrogen-bond donors (Lipinski definition) is 0. The first kappa shape index (κ1) is 23.2. The number of methoxy groups -OCH3 is 4. The number of nitrogens with zero attached hydrogens (tertiary/aromatic N) is 1. The maximum absolute atomic E-state index is 12.7. The van der Waals surface area contributed by atoms with Crippen LogP contribution in [0.4, 0.5) is 0 Å². The summed E-state index contributed by atoms with van der Waals surface area (Å²) in [5.74, 6) is 2.76. The van der Waals surface area contributed by atoms with Gasteiger partial charge in [0.15, 0.2) is 11.5 Å². The number of fused-ring (bicyclic) bond motifs is 1. The van der Waals surface area contributed by atoms with E-state index in [0.29, 0.717) is 47.3 Å². The van der Waals surface area contributed by atoms with Crippen LogP contribution in [-0.4, -0.2) is 65.0 Å². The van der Waals surface area contributed by atoms with Gasteiger partial charge in [0.2, 0.25) is 5.75 Å². The van der Waals surface area contributed by atoms with Crippen molar-refractivity contribution < 1.29 is 28.5 Å². The molecule has 3 atom stereocenters. The second-order valence-corrected chi connectivity index (χ2v) is 8.76. The maximum atomic E-state index is 12.7. The van der Waals surface area contributed by atoms with Gasteiger partial charge in [-0.05, 0) is 67.5 Å². The fourth-order valence-electron chi connectivity index (χ4n) is 5.10. The second kappa shape index (κ2) is 10.3. The highest BCUT2D eigenvalue weighted by molar-refractivity contribution is 5.91. The molecule has 0 unspecified atom stereocenters. The summed E-state index contributed by atoms with van der Waals surface area (Å²) in [7, 11) is 6.29. The Balaban J connectivity index is 1.33. The van der Waals surface area contributed by atoms with Crippen molar-refractivity contribution in [3.63, 3.8) is 0 Å². The maximum Gasteiger partial charge on any atom is 0.338 e. The van der Waals surface area contributed by atoms with Gasteiger partial charge in [0.05, 0.1) is 40.6 Å². The quantitative estimate of drug-likeness (QED) is 0.554. The molecule has 2 heterocycles. The molecule has 0 aliphatic carbocycles. The van der Waals surface area contributed by atoms with Crippen molar-refractivity contribution in [1.29, 1.82) is 0 Å². The number of esters is 1. The van der Waals surface area contributed by atoms with Crippen molar-refractivity contribution >= 4 is 5.97 Å². The second-order valence-electron chi connectivity index (χ2n) is 8.76. The highest BCUT2D eigenvalue weighted by Crippen LogP contribution is 2.40. The Morgan fingerprint density at radius 1 is 0.939 bits per heavy atom. The van der Waals surface area contributed by atoms with Crippen LogP contribution in [0.15, 0.2) is 36.4 Å². The SMILES string of the molecule is COc1ccc([C@@H]2C[C@H]3C[C@H](COC(=O)c4cc(OC)c(OC)c(OC)c4)CCN3C2)cc1. The summed E-state index contributed by atoms with van der Waals surface area (Å²) in [6.45, 7) is 2.56. The largest absolute Gasteiger partial charge is 0.497 e. The third kappa shape index (κ3) is 5.03. The Bertz CT molecular complexity index is 935. The van der Waals surface area contributed by atoms with Crippen molar-refractivity contribution in [1.82, 2.24) is 4.90 Å². The zero-order valence-electron chi connectivity index (χ0n) is 19.8. The molecule has 0 saturated carbocycles. The zero-order valence-corrected chi connectivity index (χ0v) is 19.8. The molecule has 2 saturated heterocycles. The van der Waals surface area contributed by atoms with Crippen LogP contribution < -0.4 is 18.9 Å². The first-order valence-corrected chi connectivity index (χ1v) is 11.4. The zero-order chi connectivity index (χ0) is 23.4. The molecule has 2 aromatic carbocycles. The molecule has 0 bridgehead atoms. The molecule has 0 aromatic heterocycles. The molecule has 7 nitrogen and oxygen atoms in total. The molecule has 2 fully saturated rings. The van der Waals surface area contributed by atoms with Crippen LogP contribution in [0, 0.1) is 5.92 Å². The Hall–Kier alpha value is -2.93. The Labute approximate surface area is 195 Å². The van der Waals surface area contributed by atoms with E-state index in [2.05, 4.69) is 17.0 Å². The van der Waals surface area contributed by atoms with Crippen LogP contribution in [0.3, 0.4) is 0 Å². The van der Waals surface area contributed by atoms with Crippen LogP contribution in [0.2, 0.25) is 0 Å². The van der Waals surface area contributed by atoms with E-state index in [4.69, 9.17) is 23.7 Å². The summed E-state index contributed by atoms with van der Waals surface area (Å²) >= 11 is 0. The lowest BCUT2D eigenvalue weighted by atomic mass is 9.89. The number of benzene rings is 2. The van der Waals surface area contributed by atoms with E-state index >= 15 is 0 Å². The summed E-state index contributed by atoms with van der Waals surface area (Å²) in [4.78, 5) is 15.3. The molecule has 0 radical (unpaired) electrons. The number of carbonyl (C=O) groups excluding carboxylic acids is 1. The van der Waals surface area contributed by atoms with Gasteiger partial charge in [-0.3, -0.25) is 4.90 Å². The number of rotatable bonds is 8. The molecule has 178 valence electrons. The van der Waals surface area contributed by atoms with E-state index in [1.807, 2.05) is 12.1 Å². The van der Waals surface area contributed by atoms with Gasteiger partial charge in [0.1, 0.15) is 5.75 Å². The smallest absolute Gasteiger partial charge is 0.338 e. The average molecular weight is 456 g/mol. The molecule has 2 aromatic rings. The van der Waals surface area contributed by atoms with Gasteiger partial charge >= 0.3 is 5.97 Å². The molecule has 7 heteroatoms. The minimum Gasteiger partial charge on any atom is -0.497 e. The van der Waals surface area contributed by atoms with E-state index in [9.17, 15) is 4.79 Å². The summed E-state index contributed by atoms with van der Waals surface area (Å²) < 4.78 is 27.0. The first-order valence-electron chi connectivity index (χ1n) is 11.4. The van der Waals surface area contributed by atoms with Gasteiger partial charge < -0.3 is 23.7 Å². The Morgan fingerprint density at radius 2 is 1.64 bits per heavy atom. The lowest BCUT2D eigenvalue weighted by molar-refractivity contribution is 0.0339. The van der Waals surface area contributed by atoms with E-state index in [1.54, 1.807) is 19.2 Å². The summed E-state index contributed by atoms with van der Waals surface area (Å²) in [6, 6.07) is 12.2. The first-order chi connectivity index (χ1) is 16.1. The van der Waals surface area contributed by atoms with Crippen LogP contribution in [0.25, 0.3) is 0 Å². The third-order valence-corrected chi connectivity index (χ3v) is 6.90. The molecule has 4 rings (SSSR count). The lowest BCUT2D eigenvalue weighted by Gasteiger charge is -2.34. The van der Waals surface area contributed by atoms with Crippen LogP contribution >= 0.6 is 0 Å². The van der Waals surface area contributed by atoms with Gasteiger partial charge in [-0.15, -0.1) is 0 Å². The average Bonchev–Trinajstić information content (AvgIpc) is 3.29. The molecule has 2 aliphatic heterocycles. The normalized spacial score (nSPS) is 22.4. The molecule has 0 N–H and O–H groups in total. The van der Waals surface area contributed by atoms with E-state index < -0.39 is 0 Å². The van der Waals surface area contributed by atoms with E-state index in [1.165, 1.54) is 26.9 Å². The van der Waals surface area contributed by atoms with Crippen molar-refractivity contribution in [2.24, 2.45) is 5.92 Å². The van der Waals surface area contributed by atoms with Crippen LogP contribution in [0.5, 0.6) is 23.0 Å². The van der Waals surface area contributed by atoms with Crippen molar-refractivity contribution in [2.45, 2.75) is 31.2 Å². The Morgan fingerprint density at radius 3 is 2.24 bits per heavy atom. The summed E-state index contributed by atoms with van der Waals surface area (Å²) in [5.41, 5.74) is 1.76. The standard InChI is InChI=1S/C26H33NO6/c1-29-22-7-5-18(6-8-22)20-12-21-11-17(9-10-27(21)15-20)16-33-26(28)19-13-23(30-2)25(32-4)24(14-19)31-3/h5-8,13-14,17,20-21H,9-12,15-16H2,1-4H3/t17-,20-,21-/m1/s1. The van der Waals surface area contributed by atoms with Gasteiger partial charge in [-0.25, -0.2) is 4.79 Å². The molecular weight excluding hydrogens is 422 g/mol. The summed E-state index contributed by atoms with van der Waals surface area (Å²) in [5, 5.41) is 0. The molecule has 2 aliphatic rings. The summed E-state index contributed by atoms with van der Waals surface area (Å²) in [6.07, 6.45) is 3.23. The number of ether oxygens (including phenoxy) is 5. The van der Waals surface area contributed by atoms with Crippen LogP contribution in [0.1, 0.15) is 41.1 Å². The van der Waals surface area contributed by atoms with Crippen molar-refractivity contribution in [2.75, 3.05) is 48.1 Å². The lowest BCUT2D eigenvalue weighted by Crippen LogP contribution is -2.39. The minimum absolute atomic E-state index is 0.367. The number of hydrogen-bond acceptors (Lipinski definition) is 7. The minimum atomic E-state index is -0.376. The van der Waals surface area contributed by atoms with Gasteiger partial charge in [0, 0.05) is 12.6 Å². The highest BCUT2D eigenvalue weighted by Gasteiger charge is 2.37. The predicted octanol–water partition coefficient (Wildman–Crippen LogP) is 4.15. The highest BCUT2D eigenvalue weighted by atomic mass is 16.5. The van der Waals surface area contributed by atoms with Gasteiger partial charge in [-0.2, -0.15) is 0 Å². The fraction of sp³-hybridized carbons (Fsp3) is 0.500. The Kier molecular flexibility index (Phi) is 7.28. The van der Waals surface area contributed by atoms with Crippen molar-refractivity contribution in [3.05, 3.63) is 47.5 Å². The number of piperidine rings is 1. The third-order valence-electron chi connectivity index (χ3n) is 6.90. The monoisotopic (exact) mass is 455 g/mol. The molecule has 0 amide bonds. The van der Waals surface area contributed by atoms with Gasteiger partial charge in [-0.1, -0.05) is 12.1 Å².